The molecule has 0 bridgehead atoms. The second-order valence-corrected chi connectivity index (χ2v) is 5.34. The van der Waals surface area contributed by atoms with Gasteiger partial charge in [-0.15, -0.1) is 0 Å². The van der Waals surface area contributed by atoms with Gasteiger partial charge in [0.15, 0.2) is 5.76 Å². The summed E-state index contributed by atoms with van der Waals surface area (Å²) in [5.74, 6) is -3.09. The Morgan fingerprint density at radius 1 is 1.00 bits per heavy atom. The number of carboxylic acid groups (broad SMARTS) is 1. The average molecular weight is 336 g/mol. The third kappa shape index (κ3) is 3.08. The third-order valence-corrected chi connectivity index (χ3v) is 3.84. The van der Waals surface area contributed by atoms with Crippen LogP contribution in [0.2, 0.25) is 0 Å². The SMILES string of the molecule is O=C(O)c1ccc(C(=O)N2CCN(c3cc(F)ccc3F)CC2)o1. The Hall–Kier alpha value is -2.90. The molecule has 1 aliphatic rings. The molecule has 0 radical (unpaired) electrons. The highest BCUT2D eigenvalue weighted by molar-refractivity contribution is 5.93. The number of aromatic carboxylic acids is 1. The minimum absolute atomic E-state index is 0.0576. The van der Waals surface area contributed by atoms with Crippen LogP contribution in [0.15, 0.2) is 34.7 Å². The van der Waals surface area contributed by atoms with Crippen LogP contribution in [0, 0.1) is 11.6 Å². The predicted octanol–water partition coefficient (Wildman–Crippen LogP) is 2.22. The number of anilines is 1. The molecular weight excluding hydrogens is 322 g/mol. The molecule has 0 saturated carbocycles. The molecule has 8 heteroatoms. The van der Waals surface area contributed by atoms with Crippen LogP contribution in [0.25, 0.3) is 0 Å². The van der Waals surface area contributed by atoms with Gasteiger partial charge in [-0.3, -0.25) is 4.79 Å². The first-order valence-electron chi connectivity index (χ1n) is 7.28. The molecule has 1 amide bonds. The van der Waals surface area contributed by atoms with Gasteiger partial charge in [-0.1, -0.05) is 0 Å². The first-order chi connectivity index (χ1) is 11.5. The van der Waals surface area contributed by atoms with E-state index in [1.807, 2.05) is 0 Å². The lowest BCUT2D eigenvalue weighted by Crippen LogP contribution is -2.49. The summed E-state index contributed by atoms with van der Waals surface area (Å²) in [6, 6.07) is 5.77. The van der Waals surface area contributed by atoms with E-state index >= 15 is 0 Å². The standard InChI is InChI=1S/C16H14F2N2O4/c17-10-1-2-11(18)12(9-10)19-5-7-20(8-6-19)15(21)13-3-4-14(24-13)16(22)23/h1-4,9H,5-8H2,(H,22,23). The fraction of sp³-hybridized carbons (Fsp3) is 0.250. The summed E-state index contributed by atoms with van der Waals surface area (Å²) in [6.07, 6.45) is 0. The van der Waals surface area contributed by atoms with Gasteiger partial charge in [0.2, 0.25) is 5.76 Å². The van der Waals surface area contributed by atoms with Crippen LogP contribution in [-0.2, 0) is 0 Å². The highest BCUT2D eigenvalue weighted by atomic mass is 19.1. The molecular formula is C16H14F2N2O4. The second-order valence-electron chi connectivity index (χ2n) is 5.34. The molecule has 1 aliphatic heterocycles. The van der Waals surface area contributed by atoms with Crippen molar-refractivity contribution in [2.75, 3.05) is 31.1 Å². The van der Waals surface area contributed by atoms with Crippen LogP contribution in [-0.4, -0.2) is 48.1 Å². The fourth-order valence-electron chi connectivity index (χ4n) is 2.60. The van der Waals surface area contributed by atoms with Gasteiger partial charge in [0.25, 0.3) is 5.91 Å². The number of hydrogen-bond acceptors (Lipinski definition) is 4. The molecule has 0 aliphatic carbocycles. The van der Waals surface area contributed by atoms with Gasteiger partial charge in [0, 0.05) is 32.2 Å². The lowest BCUT2D eigenvalue weighted by molar-refractivity contribution is 0.0648. The van der Waals surface area contributed by atoms with E-state index in [1.54, 1.807) is 4.90 Å². The Balaban J connectivity index is 1.67. The van der Waals surface area contributed by atoms with Gasteiger partial charge in [-0.25, -0.2) is 13.6 Å². The first-order valence-corrected chi connectivity index (χ1v) is 7.28. The summed E-state index contributed by atoms with van der Waals surface area (Å²) >= 11 is 0. The smallest absolute Gasteiger partial charge is 0.371 e. The molecule has 0 atom stereocenters. The number of carboxylic acids is 1. The molecule has 6 nitrogen and oxygen atoms in total. The monoisotopic (exact) mass is 336 g/mol. The molecule has 126 valence electrons. The number of piperazine rings is 1. The molecule has 2 aromatic rings. The number of rotatable bonds is 3. The Kier molecular flexibility index (Phi) is 4.20. The summed E-state index contributed by atoms with van der Waals surface area (Å²) in [5.41, 5.74) is 0.160. The quantitative estimate of drug-likeness (QED) is 0.930. The highest BCUT2D eigenvalue weighted by Crippen LogP contribution is 2.22. The number of amides is 1. The minimum atomic E-state index is -1.25. The van der Waals surface area contributed by atoms with Crippen LogP contribution in [0.3, 0.4) is 0 Å². The van der Waals surface area contributed by atoms with E-state index in [-0.39, 0.29) is 30.3 Å². The Morgan fingerprint density at radius 3 is 2.29 bits per heavy atom. The molecule has 0 unspecified atom stereocenters. The number of carbonyl (C=O) groups excluding carboxylic acids is 1. The predicted molar refractivity (Wildman–Crippen MR) is 80.1 cm³/mol. The van der Waals surface area contributed by atoms with Crippen LogP contribution in [0.4, 0.5) is 14.5 Å². The number of furan rings is 1. The van der Waals surface area contributed by atoms with E-state index in [1.165, 1.54) is 17.0 Å². The van der Waals surface area contributed by atoms with E-state index in [4.69, 9.17) is 9.52 Å². The summed E-state index contributed by atoms with van der Waals surface area (Å²) in [5, 5.41) is 8.81. The van der Waals surface area contributed by atoms with Gasteiger partial charge in [0.05, 0.1) is 5.69 Å². The van der Waals surface area contributed by atoms with Crippen molar-refractivity contribution in [2.45, 2.75) is 0 Å². The topological polar surface area (TPSA) is 74.0 Å². The molecule has 0 spiro atoms. The maximum absolute atomic E-state index is 13.8. The minimum Gasteiger partial charge on any atom is -0.475 e. The molecule has 1 saturated heterocycles. The molecule has 1 fully saturated rings. The molecule has 24 heavy (non-hydrogen) atoms. The van der Waals surface area contributed by atoms with Crippen LogP contribution < -0.4 is 4.90 Å². The van der Waals surface area contributed by atoms with Gasteiger partial charge in [0.1, 0.15) is 11.6 Å². The van der Waals surface area contributed by atoms with Crippen molar-refractivity contribution in [3.05, 3.63) is 53.5 Å². The third-order valence-electron chi connectivity index (χ3n) is 3.84. The molecule has 1 aromatic heterocycles. The van der Waals surface area contributed by atoms with Crippen LogP contribution in [0.5, 0.6) is 0 Å². The fourth-order valence-corrected chi connectivity index (χ4v) is 2.60. The Labute approximate surface area is 135 Å². The zero-order valence-corrected chi connectivity index (χ0v) is 12.5. The summed E-state index contributed by atoms with van der Waals surface area (Å²) < 4.78 is 32.1. The lowest BCUT2D eigenvalue weighted by atomic mass is 10.2. The molecule has 1 aromatic carbocycles. The van der Waals surface area contributed by atoms with E-state index in [0.29, 0.717) is 13.1 Å². The number of halogens is 2. The Morgan fingerprint density at radius 2 is 1.67 bits per heavy atom. The largest absolute Gasteiger partial charge is 0.475 e. The number of hydrogen-bond donors (Lipinski definition) is 1. The normalized spacial score (nSPS) is 14.8. The van der Waals surface area contributed by atoms with E-state index < -0.39 is 23.5 Å². The average Bonchev–Trinajstić information content (AvgIpc) is 3.07. The van der Waals surface area contributed by atoms with Crippen molar-refractivity contribution >= 4 is 17.6 Å². The van der Waals surface area contributed by atoms with Crippen molar-refractivity contribution in [2.24, 2.45) is 0 Å². The van der Waals surface area contributed by atoms with Gasteiger partial charge < -0.3 is 19.3 Å². The van der Waals surface area contributed by atoms with Gasteiger partial charge in [-0.2, -0.15) is 0 Å². The number of benzene rings is 1. The van der Waals surface area contributed by atoms with Gasteiger partial charge >= 0.3 is 5.97 Å². The highest BCUT2D eigenvalue weighted by Gasteiger charge is 2.26. The number of nitrogens with zero attached hydrogens (tertiary/aromatic N) is 2. The van der Waals surface area contributed by atoms with Gasteiger partial charge in [-0.05, 0) is 24.3 Å². The van der Waals surface area contributed by atoms with Crippen molar-refractivity contribution in [1.82, 2.24) is 4.90 Å². The van der Waals surface area contributed by atoms with Crippen molar-refractivity contribution in [3.63, 3.8) is 0 Å². The zero-order chi connectivity index (χ0) is 17.3. The summed E-state index contributed by atoms with van der Waals surface area (Å²) in [6.45, 7) is 1.24. The van der Waals surface area contributed by atoms with Crippen molar-refractivity contribution in [3.8, 4) is 0 Å². The van der Waals surface area contributed by atoms with E-state index in [0.717, 1.165) is 18.2 Å². The maximum atomic E-state index is 13.8. The zero-order valence-electron chi connectivity index (χ0n) is 12.5. The second kappa shape index (κ2) is 6.31. The summed E-state index contributed by atoms with van der Waals surface area (Å²) in [4.78, 5) is 26.2. The van der Waals surface area contributed by atoms with Crippen molar-refractivity contribution < 1.29 is 27.9 Å². The lowest BCUT2D eigenvalue weighted by Gasteiger charge is -2.35. The summed E-state index contributed by atoms with van der Waals surface area (Å²) in [7, 11) is 0. The number of carbonyl (C=O) groups is 2. The van der Waals surface area contributed by atoms with E-state index in [9.17, 15) is 18.4 Å². The van der Waals surface area contributed by atoms with Crippen LogP contribution >= 0.6 is 0 Å². The first kappa shape index (κ1) is 16.0. The van der Waals surface area contributed by atoms with Crippen molar-refractivity contribution in [1.29, 1.82) is 0 Å². The molecule has 3 rings (SSSR count). The maximum Gasteiger partial charge on any atom is 0.371 e. The molecule has 2 heterocycles. The Bertz CT molecular complexity index is 782. The molecule has 1 N–H and O–H groups in total. The van der Waals surface area contributed by atoms with E-state index in [2.05, 4.69) is 0 Å². The van der Waals surface area contributed by atoms with Crippen LogP contribution in [0.1, 0.15) is 21.1 Å².